The van der Waals surface area contributed by atoms with Gasteiger partial charge in [0, 0.05) is 13.3 Å². The highest BCUT2D eigenvalue weighted by Gasteiger charge is 2.46. The Morgan fingerprint density at radius 2 is 2.28 bits per heavy atom. The summed E-state index contributed by atoms with van der Waals surface area (Å²) in [7, 11) is 0. The first-order valence-corrected chi connectivity index (χ1v) is 5.50. The largest absolute Gasteiger partial charge is 0.460 e. The molecule has 1 aliphatic heterocycles. The predicted molar refractivity (Wildman–Crippen MR) is 54.1 cm³/mol. The molecule has 0 saturated heterocycles. The third kappa shape index (κ3) is 2.06. The molecule has 1 aliphatic rings. The van der Waals surface area contributed by atoms with Crippen molar-refractivity contribution in [1.82, 2.24) is 14.8 Å². The highest BCUT2D eigenvalue weighted by Crippen LogP contribution is 2.43. The Bertz CT molecular complexity index is 469. The summed E-state index contributed by atoms with van der Waals surface area (Å²) < 4.78 is 45.5. The van der Waals surface area contributed by atoms with E-state index in [4.69, 9.17) is 0 Å². The van der Waals surface area contributed by atoms with Gasteiger partial charge in [0.2, 0.25) is 0 Å². The second-order valence-corrected chi connectivity index (χ2v) is 4.13. The third-order valence-electron chi connectivity index (χ3n) is 2.71. The fourth-order valence-electron chi connectivity index (χ4n) is 1.88. The van der Waals surface area contributed by atoms with Crippen molar-refractivity contribution in [3.8, 4) is 0 Å². The summed E-state index contributed by atoms with van der Waals surface area (Å²) in [6, 6.07) is -1.42. The fraction of sp³-hybridized carbons (Fsp3) is 0.700. The number of ether oxygens (including phenoxy) is 1. The van der Waals surface area contributed by atoms with E-state index in [1.54, 1.807) is 6.92 Å². The van der Waals surface area contributed by atoms with Crippen molar-refractivity contribution in [2.75, 3.05) is 6.61 Å². The van der Waals surface area contributed by atoms with Crippen LogP contribution in [-0.2, 0) is 4.74 Å². The van der Waals surface area contributed by atoms with Crippen molar-refractivity contribution in [2.24, 2.45) is 0 Å². The van der Waals surface area contributed by atoms with Crippen molar-refractivity contribution in [3.63, 3.8) is 0 Å². The first-order valence-electron chi connectivity index (χ1n) is 5.50. The molecule has 0 fully saturated rings. The minimum absolute atomic E-state index is 0.106. The summed E-state index contributed by atoms with van der Waals surface area (Å²) in [5.41, 5.74) is 0. The molecule has 0 bridgehead atoms. The molecule has 5 nitrogen and oxygen atoms in total. The van der Waals surface area contributed by atoms with Gasteiger partial charge in [-0.1, -0.05) is 0 Å². The summed E-state index contributed by atoms with van der Waals surface area (Å²) >= 11 is 0. The van der Waals surface area contributed by atoms with Gasteiger partial charge in [0.25, 0.3) is 11.7 Å². The average molecular weight is 263 g/mol. The van der Waals surface area contributed by atoms with Gasteiger partial charge in [0.1, 0.15) is 6.04 Å². The highest BCUT2D eigenvalue weighted by atomic mass is 19.3. The molecule has 1 aromatic rings. The summed E-state index contributed by atoms with van der Waals surface area (Å²) in [4.78, 5) is 15.0. The molecule has 0 radical (unpaired) electrons. The molecule has 1 aromatic heterocycles. The summed E-state index contributed by atoms with van der Waals surface area (Å²) in [6.45, 7) is 2.38. The first-order chi connectivity index (χ1) is 8.34. The van der Waals surface area contributed by atoms with Crippen LogP contribution in [-0.4, -0.2) is 33.3 Å². The smallest absolute Gasteiger partial charge is 0.378 e. The topological polar surface area (TPSA) is 57.0 Å². The van der Waals surface area contributed by atoms with Crippen LogP contribution >= 0.6 is 0 Å². The Kier molecular flexibility index (Phi) is 3.04. The zero-order valence-corrected chi connectivity index (χ0v) is 9.86. The second kappa shape index (κ2) is 4.25. The van der Waals surface area contributed by atoms with Crippen molar-refractivity contribution in [2.45, 2.75) is 38.4 Å². The Labute approximate surface area is 101 Å². The number of carbonyl (C=O) groups is 1. The number of rotatable bonds is 3. The third-order valence-corrected chi connectivity index (χ3v) is 2.71. The van der Waals surface area contributed by atoms with Crippen molar-refractivity contribution in [1.29, 1.82) is 0 Å². The van der Waals surface area contributed by atoms with Crippen LogP contribution in [0.4, 0.5) is 13.2 Å². The molecule has 0 aromatic carbocycles. The lowest BCUT2D eigenvalue weighted by atomic mass is 10.1. The van der Waals surface area contributed by atoms with Gasteiger partial charge in [-0.2, -0.15) is 0 Å². The van der Waals surface area contributed by atoms with Gasteiger partial charge in [-0.25, -0.2) is 27.6 Å². The van der Waals surface area contributed by atoms with Gasteiger partial charge in [0.05, 0.1) is 6.61 Å². The Balaban J connectivity index is 2.34. The first kappa shape index (κ1) is 12.8. The average Bonchev–Trinajstić information content (AvgIpc) is 2.78. The van der Waals surface area contributed by atoms with Crippen LogP contribution in [0.25, 0.3) is 0 Å². The quantitative estimate of drug-likeness (QED) is 0.783. The SMILES string of the molecule is CCOC(=O)c1nc2n(n1)C(C(C)(F)F)CC2F. The van der Waals surface area contributed by atoms with Gasteiger partial charge in [-0.15, -0.1) is 5.10 Å². The molecule has 0 amide bonds. The molecule has 18 heavy (non-hydrogen) atoms. The molecule has 8 heteroatoms. The van der Waals surface area contributed by atoms with Crippen LogP contribution in [0.15, 0.2) is 0 Å². The Morgan fingerprint density at radius 1 is 1.61 bits per heavy atom. The Hall–Kier alpha value is -1.60. The summed E-state index contributed by atoms with van der Waals surface area (Å²) in [5, 5.41) is 3.62. The number of nitrogens with zero attached hydrogens (tertiary/aromatic N) is 3. The minimum Gasteiger partial charge on any atom is -0.460 e. The van der Waals surface area contributed by atoms with Crippen LogP contribution in [0.5, 0.6) is 0 Å². The molecule has 2 rings (SSSR count). The van der Waals surface area contributed by atoms with E-state index in [0.717, 1.165) is 4.68 Å². The number of aromatic nitrogens is 3. The lowest BCUT2D eigenvalue weighted by Gasteiger charge is -2.18. The van der Waals surface area contributed by atoms with Crippen LogP contribution < -0.4 is 0 Å². The fourth-order valence-corrected chi connectivity index (χ4v) is 1.88. The molecule has 0 aliphatic carbocycles. The molecule has 0 N–H and O–H groups in total. The maximum atomic E-state index is 13.6. The second-order valence-electron chi connectivity index (χ2n) is 4.13. The van der Waals surface area contributed by atoms with Gasteiger partial charge in [-0.3, -0.25) is 0 Å². The van der Waals surface area contributed by atoms with Crippen molar-refractivity contribution in [3.05, 3.63) is 11.6 Å². The van der Waals surface area contributed by atoms with E-state index < -0.39 is 24.1 Å². The number of halogens is 3. The maximum absolute atomic E-state index is 13.6. The predicted octanol–water partition coefficient (Wildman–Crippen LogP) is 2.07. The summed E-state index contributed by atoms with van der Waals surface area (Å²) in [5.74, 6) is -4.60. The number of hydrogen-bond acceptors (Lipinski definition) is 4. The van der Waals surface area contributed by atoms with Crippen LogP contribution in [0.3, 0.4) is 0 Å². The zero-order chi connectivity index (χ0) is 13.5. The number of carbonyl (C=O) groups excluding carboxylic acids is 1. The van der Waals surface area contributed by atoms with Crippen LogP contribution in [0.1, 0.15) is 48.9 Å². The molecule has 0 saturated carbocycles. The molecule has 2 atom stereocenters. The normalized spacial score (nSPS) is 22.9. The van der Waals surface area contributed by atoms with Crippen molar-refractivity contribution < 1.29 is 22.7 Å². The van der Waals surface area contributed by atoms with Gasteiger partial charge in [0.15, 0.2) is 12.0 Å². The molecule has 100 valence electrons. The lowest BCUT2D eigenvalue weighted by Crippen LogP contribution is -2.26. The molecular weight excluding hydrogens is 251 g/mol. The number of hydrogen-bond donors (Lipinski definition) is 0. The van der Waals surface area contributed by atoms with E-state index in [0.29, 0.717) is 6.92 Å². The highest BCUT2D eigenvalue weighted by molar-refractivity contribution is 5.85. The molecule has 2 heterocycles. The summed E-state index contributed by atoms with van der Waals surface area (Å²) in [6.07, 6.45) is -2.03. The number of alkyl halides is 3. The van der Waals surface area contributed by atoms with E-state index in [2.05, 4.69) is 14.8 Å². The van der Waals surface area contributed by atoms with E-state index in [9.17, 15) is 18.0 Å². The number of esters is 1. The standard InChI is InChI=1S/C10H12F3N3O2/c1-3-18-9(17)7-14-8-5(11)4-6(10(2,12)13)16(8)15-7/h5-6H,3-4H2,1-2H3. The van der Waals surface area contributed by atoms with E-state index >= 15 is 0 Å². The lowest BCUT2D eigenvalue weighted by molar-refractivity contribution is -0.0373. The Morgan fingerprint density at radius 3 is 2.83 bits per heavy atom. The molecule has 0 spiro atoms. The van der Waals surface area contributed by atoms with Crippen LogP contribution in [0, 0.1) is 0 Å². The molecular formula is C10H12F3N3O2. The van der Waals surface area contributed by atoms with Crippen LogP contribution in [0.2, 0.25) is 0 Å². The molecule has 2 unspecified atom stereocenters. The van der Waals surface area contributed by atoms with Gasteiger partial charge >= 0.3 is 5.97 Å². The van der Waals surface area contributed by atoms with Crippen molar-refractivity contribution >= 4 is 5.97 Å². The monoisotopic (exact) mass is 263 g/mol. The number of fused-ring (bicyclic) bond motifs is 1. The maximum Gasteiger partial charge on any atom is 0.378 e. The van der Waals surface area contributed by atoms with E-state index in [-0.39, 0.29) is 24.7 Å². The minimum atomic E-state index is -3.13. The van der Waals surface area contributed by atoms with E-state index in [1.807, 2.05) is 0 Å². The van der Waals surface area contributed by atoms with E-state index in [1.165, 1.54) is 0 Å². The van der Waals surface area contributed by atoms with Gasteiger partial charge in [-0.05, 0) is 6.92 Å². The van der Waals surface area contributed by atoms with Gasteiger partial charge < -0.3 is 4.74 Å². The zero-order valence-electron chi connectivity index (χ0n) is 9.86.